The van der Waals surface area contributed by atoms with E-state index in [0.29, 0.717) is 42.0 Å². The Morgan fingerprint density at radius 2 is 1.92 bits per heavy atom. The van der Waals surface area contributed by atoms with Crippen LogP contribution in [0, 0.1) is 0 Å². The summed E-state index contributed by atoms with van der Waals surface area (Å²) in [6.07, 6.45) is -4.08. The van der Waals surface area contributed by atoms with E-state index in [9.17, 15) is 22.8 Å². The highest BCUT2D eigenvalue weighted by molar-refractivity contribution is 5.86. The van der Waals surface area contributed by atoms with Crippen molar-refractivity contribution in [3.8, 4) is 11.4 Å². The lowest BCUT2D eigenvalue weighted by Crippen LogP contribution is -2.54. The molecule has 3 aromatic rings. The molecule has 0 saturated carbocycles. The molecule has 1 aliphatic heterocycles. The van der Waals surface area contributed by atoms with Gasteiger partial charge in [0.15, 0.2) is 0 Å². The van der Waals surface area contributed by atoms with Crippen molar-refractivity contribution >= 4 is 11.8 Å². The van der Waals surface area contributed by atoms with Crippen LogP contribution in [0.5, 0.6) is 5.75 Å². The normalized spacial score (nSPS) is 18.5. The highest BCUT2D eigenvalue weighted by Gasteiger charge is 2.39. The molecule has 4 rings (SSSR count). The number of rotatable bonds is 8. The van der Waals surface area contributed by atoms with E-state index in [0.717, 1.165) is 5.56 Å². The number of nitrogens with one attached hydrogen (secondary N) is 2. The van der Waals surface area contributed by atoms with Crippen LogP contribution in [0.3, 0.4) is 0 Å². The molecule has 3 atom stereocenters. The van der Waals surface area contributed by atoms with Crippen LogP contribution in [0.25, 0.3) is 5.69 Å². The van der Waals surface area contributed by atoms with Crippen molar-refractivity contribution in [2.24, 2.45) is 0 Å². The van der Waals surface area contributed by atoms with Gasteiger partial charge in [0.1, 0.15) is 11.8 Å². The van der Waals surface area contributed by atoms with Crippen molar-refractivity contribution in [1.29, 1.82) is 0 Å². The van der Waals surface area contributed by atoms with Crippen LogP contribution in [0.15, 0.2) is 48.5 Å². The van der Waals surface area contributed by atoms with Crippen LogP contribution in [0.1, 0.15) is 43.1 Å². The van der Waals surface area contributed by atoms with Crippen molar-refractivity contribution in [3.05, 3.63) is 65.5 Å². The molecule has 1 fully saturated rings. The summed E-state index contributed by atoms with van der Waals surface area (Å²) < 4.78 is 46.2. The Kier molecular flexibility index (Phi) is 8.48. The minimum absolute atomic E-state index is 0.0420. The van der Waals surface area contributed by atoms with Crippen LogP contribution in [-0.2, 0) is 22.3 Å². The van der Waals surface area contributed by atoms with Crippen molar-refractivity contribution in [3.63, 3.8) is 0 Å². The molecule has 39 heavy (non-hydrogen) atoms. The molecule has 2 N–H and O–H groups in total. The molecule has 0 radical (unpaired) electrons. The Hall–Kier alpha value is -4.00. The van der Waals surface area contributed by atoms with Crippen LogP contribution < -0.4 is 15.4 Å². The average molecular weight is 546 g/mol. The summed E-state index contributed by atoms with van der Waals surface area (Å²) in [6.45, 7) is 4.27. The summed E-state index contributed by atoms with van der Waals surface area (Å²) >= 11 is 0. The lowest BCUT2D eigenvalue weighted by molar-refractivity contribution is -0.146. The average Bonchev–Trinajstić information content (AvgIpc) is 3.42. The van der Waals surface area contributed by atoms with Gasteiger partial charge in [0.25, 0.3) is 5.82 Å². The minimum Gasteiger partial charge on any atom is -0.496 e. The Bertz CT molecular complexity index is 1300. The number of alkyl halides is 3. The lowest BCUT2D eigenvalue weighted by atomic mass is 9.85. The molecular weight excluding hydrogens is 515 g/mol. The zero-order valence-electron chi connectivity index (χ0n) is 21.8. The molecule has 2 aromatic carbocycles. The monoisotopic (exact) mass is 545 g/mol. The Morgan fingerprint density at radius 1 is 1.18 bits per heavy atom. The topological polar surface area (TPSA) is 114 Å². The molecule has 0 bridgehead atoms. The Labute approximate surface area is 223 Å². The van der Waals surface area contributed by atoms with E-state index in [1.807, 2.05) is 30.3 Å². The standard InChI is InChI=1S/C26H30F3N7O3/c1-16(31-17(2)37)24(38)35-12-11-22(21(15-35)18-7-5-4-6-8-18)30-14-19-13-20(9-10-23(19)39-3)36-25(26(27,28)29)32-33-34-36/h4-10,13,16,21-22,30H,11-12,14-15H2,1-3H3,(H,31,37). The van der Waals surface area contributed by atoms with Gasteiger partial charge >= 0.3 is 6.18 Å². The van der Waals surface area contributed by atoms with E-state index < -0.39 is 18.0 Å². The number of ether oxygens (including phenoxy) is 1. The first-order chi connectivity index (χ1) is 18.6. The maximum atomic E-state index is 13.4. The highest BCUT2D eigenvalue weighted by atomic mass is 19.4. The van der Waals surface area contributed by atoms with Gasteiger partial charge in [-0.2, -0.15) is 17.9 Å². The number of nitrogens with zero attached hydrogens (tertiary/aromatic N) is 5. The van der Waals surface area contributed by atoms with Crippen LogP contribution in [0.2, 0.25) is 0 Å². The Balaban J connectivity index is 1.55. The lowest BCUT2D eigenvalue weighted by Gasteiger charge is -2.40. The number of aromatic nitrogens is 4. The highest BCUT2D eigenvalue weighted by Crippen LogP contribution is 2.31. The minimum atomic E-state index is -4.71. The van der Waals surface area contributed by atoms with Crippen molar-refractivity contribution < 1.29 is 27.5 Å². The van der Waals surface area contributed by atoms with E-state index in [1.165, 1.54) is 20.1 Å². The second kappa shape index (κ2) is 11.8. The number of hydrogen-bond acceptors (Lipinski definition) is 7. The number of carbonyl (C=O) groups is 2. The summed E-state index contributed by atoms with van der Waals surface area (Å²) in [5.74, 6) is -1.20. The fourth-order valence-electron chi connectivity index (χ4n) is 4.89. The third kappa shape index (κ3) is 6.53. The van der Waals surface area contributed by atoms with E-state index in [-0.39, 0.29) is 29.5 Å². The van der Waals surface area contributed by atoms with Crippen molar-refractivity contribution in [1.82, 2.24) is 35.7 Å². The molecule has 13 heteroatoms. The number of carbonyl (C=O) groups excluding carboxylic acids is 2. The second-order valence-corrected chi connectivity index (χ2v) is 9.41. The molecule has 1 aliphatic rings. The predicted molar refractivity (Wildman–Crippen MR) is 135 cm³/mol. The van der Waals surface area contributed by atoms with Gasteiger partial charge in [-0.3, -0.25) is 9.59 Å². The van der Waals surface area contributed by atoms with E-state index in [1.54, 1.807) is 24.0 Å². The third-order valence-corrected chi connectivity index (χ3v) is 6.73. The quantitative estimate of drug-likeness (QED) is 0.447. The SMILES string of the molecule is COc1ccc(-n2nnnc2C(F)(F)F)cc1CNC1CCN(C(=O)C(C)NC(C)=O)CC1c1ccccc1. The van der Waals surface area contributed by atoms with Crippen LogP contribution >= 0.6 is 0 Å². The summed E-state index contributed by atoms with van der Waals surface area (Å²) in [5, 5.41) is 16.0. The Morgan fingerprint density at radius 3 is 2.59 bits per heavy atom. The van der Waals surface area contributed by atoms with E-state index in [4.69, 9.17) is 4.74 Å². The maximum absolute atomic E-state index is 13.4. The van der Waals surface area contributed by atoms with Gasteiger partial charge in [-0.25, -0.2) is 0 Å². The van der Waals surface area contributed by atoms with Gasteiger partial charge in [0.2, 0.25) is 11.8 Å². The zero-order valence-corrected chi connectivity index (χ0v) is 21.8. The summed E-state index contributed by atoms with van der Waals surface area (Å²) in [7, 11) is 1.49. The van der Waals surface area contributed by atoms with Crippen LogP contribution in [-0.4, -0.2) is 69.2 Å². The number of amides is 2. The maximum Gasteiger partial charge on any atom is 0.453 e. The van der Waals surface area contributed by atoms with Crippen molar-refractivity contribution in [2.45, 2.75) is 51.0 Å². The number of tetrazole rings is 1. The predicted octanol–water partition coefficient (Wildman–Crippen LogP) is 2.69. The molecule has 0 aliphatic carbocycles. The first kappa shape index (κ1) is 28.0. The van der Waals surface area contributed by atoms with E-state index >= 15 is 0 Å². The molecule has 2 amide bonds. The molecule has 1 aromatic heterocycles. The van der Waals surface area contributed by atoms with Gasteiger partial charge < -0.3 is 20.3 Å². The first-order valence-corrected chi connectivity index (χ1v) is 12.5. The summed E-state index contributed by atoms with van der Waals surface area (Å²) in [6, 6.07) is 13.7. The molecule has 1 saturated heterocycles. The third-order valence-electron chi connectivity index (χ3n) is 6.73. The molecule has 3 unspecified atom stereocenters. The van der Waals surface area contributed by atoms with E-state index in [2.05, 4.69) is 26.2 Å². The van der Waals surface area contributed by atoms with Crippen LogP contribution in [0.4, 0.5) is 13.2 Å². The molecule has 0 spiro atoms. The number of hydrogen-bond donors (Lipinski definition) is 2. The fourth-order valence-corrected chi connectivity index (χ4v) is 4.89. The van der Waals surface area contributed by atoms with Gasteiger partial charge in [-0.05, 0) is 47.5 Å². The van der Waals surface area contributed by atoms with Crippen molar-refractivity contribution in [2.75, 3.05) is 20.2 Å². The van der Waals surface area contributed by atoms with Gasteiger partial charge in [-0.15, -0.1) is 5.10 Å². The summed E-state index contributed by atoms with van der Waals surface area (Å²) in [4.78, 5) is 26.2. The number of likely N-dealkylation sites (tertiary alicyclic amines) is 1. The zero-order chi connectivity index (χ0) is 28.2. The van der Waals surface area contributed by atoms with Gasteiger partial charge in [0, 0.05) is 44.1 Å². The second-order valence-electron chi connectivity index (χ2n) is 9.41. The molecule has 2 heterocycles. The first-order valence-electron chi connectivity index (χ1n) is 12.5. The number of halogens is 3. The molecule has 10 nitrogen and oxygen atoms in total. The molecule has 208 valence electrons. The van der Waals surface area contributed by atoms with Gasteiger partial charge in [-0.1, -0.05) is 30.3 Å². The number of benzene rings is 2. The largest absolute Gasteiger partial charge is 0.496 e. The molecular formula is C26H30F3N7O3. The number of piperidine rings is 1. The fraction of sp³-hybridized carbons (Fsp3) is 0.423. The smallest absolute Gasteiger partial charge is 0.453 e. The summed E-state index contributed by atoms with van der Waals surface area (Å²) in [5.41, 5.74) is 1.82. The number of methoxy groups -OCH3 is 1. The van der Waals surface area contributed by atoms with Gasteiger partial charge in [0.05, 0.1) is 12.8 Å².